The summed E-state index contributed by atoms with van der Waals surface area (Å²) in [5.74, 6) is -0.793. The van der Waals surface area contributed by atoms with E-state index in [1.54, 1.807) is 26.3 Å². The van der Waals surface area contributed by atoms with Crippen LogP contribution in [0, 0.1) is 6.92 Å². The summed E-state index contributed by atoms with van der Waals surface area (Å²) in [6, 6.07) is 0. The second kappa shape index (κ2) is 4.61. The largest absolute Gasteiger partial charge is 0.467 e. The predicted octanol–water partition coefficient (Wildman–Crippen LogP) is 1.13. The van der Waals surface area contributed by atoms with Gasteiger partial charge in [-0.1, -0.05) is 0 Å². The number of aromatic nitrogens is 1. The number of carbonyl (C=O) groups excluding carboxylic acids is 2. The van der Waals surface area contributed by atoms with E-state index in [2.05, 4.69) is 15.0 Å². The molecule has 0 aromatic carbocycles. The Hall–Kier alpha value is -1.43. The van der Waals surface area contributed by atoms with Crippen molar-refractivity contribution in [1.82, 2.24) is 10.3 Å². The second-order valence-electron chi connectivity index (χ2n) is 3.84. The molecule has 16 heavy (non-hydrogen) atoms. The zero-order valence-electron chi connectivity index (χ0n) is 9.66. The van der Waals surface area contributed by atoms with Gasteiger partial charge in [-0.25, -0.2) is 9.78 Å². The van der Waals surface area contributed by atoms with Gasteiger partial charge in [-0.2, -0.15) is 0 Å². The van der Waals surface area contributed by atoms with Gasteiger partial charge in [-0.15, -0.1) is 11.3 Å². The first-order valence-corrected chi connectivity index (χ1v) is 5.57. The molecule has 0 saturated heterocycles. The third kappa shape index (κ3) is 2.57. The zero-order chi connectivity index (χ0) is 12.3. The molecule has 0 fully saturated rings. The molecule has 0 radical (unpaired) electrons. The number of hydrogen-bond donors (Lipinski definition) is 1. The zero-order valence-corrected chi connectivity index (χ0v) is 10.5. The minimum atomic E-state index is -1.04. The fourth-order valence-corrected chi connectivity index (χ4v) is 1.86. The first-order chi connectivity index (χ1) is 7.38. The highest BCUT2D eigenvalue weighted by Crippen LogP contribution is 2.14. The normalized spacial score (nSPS) is 11.0. The van der Waals surface area contributed by atoms with Crippen molar-refractivity contribution in [3.8, 4) is 0 Å². The number of thiazole rings is 1. The molecule has 5 nitrogen and oxygen atoms in total. The molecule has 1 rings (SSSR count). The van der Waals surface area contributed by atoms with Gasteiger partial charge < -0.3 is 10.1 Å². The van der Waals surface area contributed by atoms with Crippen LogP contribution in [0.2, 0.25) is 0 Å². The monoisotopic (exact) mass is 242 g/mol. The standard InChI is InChI=1S/C10H14N2O3S/c1-6-7(16-5-11-6)8(13)12-10(2,3)9(14)15-4/h5H,1-4H3,(H,12,13). The van der Waals surface area contributed by atoms with E-state index in [4.69, 9.17) is 0 Å². The van der Waals surface area contributed by atoms with Gasteiger partial charge in [-0.3, -0.25) is 4.79 Å². The summed E-state index contributed by atoms with van der Waals surface area (Å²) >= 11 is 1.24. The van der Waals surface area contributed by atoms with E-state index in [9.17, 15) is 9.59 Å². The Morgan fingerprint density at radius 3 is 2.56 bits per heavy atom. The predicted molar refractivity (Wildman–Crippen MR) is 60.4 cm³/mol. The van der Waals surface area contributed by atoms with Crippen molar-refractivity contribution < 1.29 is 14.3 Å². The van der Waals surface area contributed by atoms with Gasteiger partial charge in [0.1, 0.15) is 10.4 Å². The van der Waals surface area contributed by atoms with Gasteiger partial charge in [-0.05, 0) is 20.8 Å². The average Bonchev–Trinajstić information content (AvgIpc) is 2.62. The number of rotatable bonds is 3. The summed E-state index contributed by atoms with van der Waals surface area (Å²) in [5.41, 5.74) is 1.21. The molecule has 6 heteroatoms. The van der Waals surface area contributed by atoms with Gasteiger partial charge in [0.25, 0.3) is 5.91 Å². The minimum Gasteiger partial charge on any atom is -0.467 e. The summed E-state index contributed by atoms with van der Waals surface area (Å²) in [6.45, 7) is 4.93. The van der Waals surface area contributed by atoms with Gasteiger partial charge >= 0.3 is 5.97 Å². The Morgan fingerprint density at radius 2 is 2.12 bits per heavy atom. The van der Waals surface area contributed by atoms with Crippen LogP contribution in [0.15, 0.2) is 5.51 Å². The van der Waals surface area contributed by atoms with E-state index >= 15 is 0 Å². The number of aryl methyl sites for hydroxylation is 1. The van der Waals surface area contributed by atoms with E-state index in [0.717, 1.165) is 0 Å². The van der Waals surface area contributed by atoms with Crippen LogP contribution in [-0.2, 0) is 9.53 Å². The van der Waals surface area contributed by atoms with Crippen molar-refractivity contribution in [2.24, 2.45) is 0 Å². The van der Waals surface area contributed by atoms with Gasteiger partial charge in [0.05, 0.1) is 18.3 Å². The minimum absolute atomic E-state index is 0.310. The van der Waals surface area contributed by atoms with Gasteiger partial charge in [0, 0.05) is 0 Å². The first kappa shape index (κ1) is 12.6. The van der Waals surface area contributed by atoms with Crippen molar-refractivity contribution >= 4 is 23.2 Å². The molecule has 1 aromatic rings. The molecule has 1 N–H and O–H groups in total. The van der Waals surface area contributed by atoms with Crippen molar-refractivity contribution in [2.75, 3.05) is 7.11 Å². The third-order valence-corrected chi connectivity index (χ3v) is 3.00. The summed E-state index contributed by atoms with van der Waals surface area (Å²) < 4.78 is 4.60. The molecule has 88 valence electrons. The lowest BCUT2D eigenvalue weighted by Crippen LogP contribution is -2.50. The molecule has 0 bridgehead atoms. The summed E-state index contributed by atoms with van der Waals surface area (Å²) in [5, 5.41) is 2.61. The first-order valence-electron chi connectivity index (χ1n) is 4.69. The molecular weight excluding hydrogens is 228 g/mol. The maximum Gasteiger partial charge on any atom is 0.330 e. The lowest BCUT2D eigenvalue weighted by Gasteiger charge is -2.22. The Bertz CT molecular complexity index is 412. The number of amides is 1. The molecule has 0 aliphatic carbocycles. The van der Waals surface area contributed by atoms with Crippen LogP contribution in [0.25, 0.3) is 0 Å². The van der Waals surface area contributed by atoms with Gasteiger partial charge in [0.2, 0.25) is 0 Å². The van der Waals surface area contributed by atoms with Gasteiger partial charge in [0.15, 0.2) is 0 Å². The summed E-state index contributed by atoms with van der Waals surface area (Å²) in [6.07, 6.45) is 0. The Morgan fingerprint density at radius 1 is 1.50 bits per heavy atom. The molecule has 1 amide bonds. The number of nitrogens with zero attached hydrogens (tertiary/aromatic N) is 1. The lowest BCUT2D eigenvalue weighted by atomic mass is 10.1. The van der Waals surface area contributed by atoms with Crippen molar-refractivity contribution in [1.29, 1.82) is 0 Å². The van der Waals surface area contributed by atoms with Crippen LogP contribution in [0.3, 0.4) is 0 Å². The number of carbonyl (C=O) groups is 2. The van der Waals surface area contributed by atoms with E-state index in [1.165, 1.54) is 18.4 Å². The number of esters is 1. The van der Waals surface area contributed by atoms with E-state index < -0.39 is 11.5 Å². The quantitative estimate of drug-likeness (QED) is 0.807. The molecule has 0 unspecified atom stereocenters. The highest BCUT2D eigenvalue weighted by molar-refractivity contribution is 7.11. The highest BCUT2D eigenvalue weighted by Gasteiger charge is 2.31. The molecule has 1 aromatic heterocycles. The SMILES string of the molecule is COC(=O)C(C)(C)NC(=O)c1scnc1C. The molecule has 0 aliphatic heterocycles. The van der Waals surface area contributed by atoms with Crippen LogP contribution in [0.4, 0.5) is 0 Å². The van der Waals surface area contributed by atoms with Crippen molar-refractivity contribution in [3.05, 3.63) is 16.1 Å². The topological polar surface area (TPSA) is 68.3 Å². The molecule has 0 aliphatic rings. The molecule has 0 saturated carbocycles. The van der Waals surface area contributed by atoms with E-state index in [1.807, 2.05) is 0 Å². The highest BCUT2D eigenvalue weighted by atomic mass is 32.1. The van der Waals surface area contributed by atoms with Crippen molar-refractivity contribution in [3.63, 3.8) is 0 Å². The fourth-order valence-electron chi connectivity index (χ4n) is 1.17. The maximum atomic E-state index is 11.8. The summed E-state index contributed by atoms with van der Waals surface area (Å²) in [7, 11) is 1.29. The smallest absolute Gasteiger partial charge is 0.330 e. The lowest BCUT2D eigenvalue weighted by molar-refractivity contribution is -0.146. The van der Waals surface area contributed by atoms with Crippen LogP contribution in [0.5, 0.6) is 0 Å². The maximum absolute atomic E-state index is 11.8. The fraction of sp³-hybridized carbons (Fsp3) is 0.500. The van der Waals surface area contributed by atoms with Crippen LogP contribution < -0.4 is 5.32 Å². The summed E-state index contributed by atoms with van der Waals surface area (Å²) in [4.78, 5) is 27.7. The Kier molecular flexibility index (Phi) is 3.64. The Balaban J connectivity index is 2.79. The second-order valence-corrected chi connectivity index (χ2v) is 4.69. The number of hydrogen-bond acceptors (Lipinski definition) is 5. The van der Waals surface area contributed by atoms with Crippen LogP contribution in [0.1, 0.15) is 29.2 Å². The van der Waals surface area contributed by atoms with Crippen LogP contribution >= 0.6 is 11.3 Å². The van der Waals surface area contributed by atoms with E-state index in [0.29, 0.717) is 10.6 Å². The van der Waals surface area contributed by atoms with Crippen LogP contribution in [-0.4, -0.2) is 29.5 Å². The van der Waals surface area contributed by atoms with E-state index in [-0.39, 0.29) is 5.91 Å². The number of nitrogens with one attached hydrogen (secondary N) is 1. The third-order valence-electron chi connectivity index (χ3n) is 2.07. The molecular formula is C10H14N2O3S. The Labute approximate surface area is 97.8 Å². The molecule has 1 heterocycles. The number of ether oxygens (including phenoxy) is 1. The number of methoxy groups -OCH3 is 1. The van der Waals surface area contributed by atoms with Crippen molar-refractivity contribution in [2.45, 2.75) is 26.3 Å². The average molecular weight is 242 g/mol. The molecule has 0 spiro atoms. The molecule has 0 atom stereocenters.